The minimum atomic E-state index is -0.178. The molecule has 2 heterocycles. The molecule has 4 rings (SSSR count). The van der Waals surface area contributed by atoms with Crippen molar-refractivity contribution in [3.8, 4) is 0 Å². The van der Waals surface area contributed by atoms with Gasteiger partial charge in [0.2, 0.25) is 0 Å². The topological polar surface area (TPSA) is 75.4 Å². The van der Waals surface area contributed by atoms with Crippen LogP contribution < -0.4 is 5.32 Å². The Labute approximate surface area is 171 Å². The summed E-state index contributed by atoms with van der Waals surface area (Å²) in [4.78, 5) is 27.6. The van der Waals surface area contributed by atoms with Crippen molar-refractivity contribution in [1.29, 1.82) is 0 Å². The minimum absolute atomic E-state index is 0.0825. The number of hydrogen-bond donors (Lipinski definition) is 1. The summed E-state index contributed by atoms with van der Waals surface area (Å²) in [5, 5.41) is 7.03. The summed E-state index contributed by atoms with van der Waals surface area (Å²) in [5.41, 5.74) is 1.12. The van der Waals surface area contributed by atoms with Crippen LogP contribution in [0, 0.1) is 0 Å². The van der Waals surface area contributed by atoms with Crippen LogP contribution in [-0.4, -0.2) is 46.4 Å². The van der Waals surface area contributed by atoms with E-state index < -0.39 is 0 Å². The van der Waals surface area contributed by atoms with E-state index in [0.717, 1.165) is 30.7 Å². The highest BCUT2D eigenvalue weighted by atomic mass is 16.5. The van der Waals surface area contributed by atoms with Gasteiger partial charge in [0.1, 0.15) is 5.76 Å². The number of carbonyl (C=O) groups is 2. The largest absolute Gasteiger partial charge is 0.360 e. The van der Waals surface area contributed by atoms with E-state index in [1.54, 1.807) is 6.07 Å². The van der Waals surface area contributed by atoms with Gasteiger partial charge in [-0.1, -0.05) is 49.3 Å². The van der Waals surface area contributed by atoms with E-state index in [1.807, 2.05) is 44.2 Å². The normalized spacial score (nSPS) is 22.2. The van der Waals surface area contributed by atoms with Crippen molar-refractivity contribution in [3.05, 3.63) is 53.4 Å². The zero-order valence-electron chi connectivity index (χ0n) is 17.1. The van der Waals surface area contributed by atoms with Crippen LogP contribution in [0.1, 0.15) is 78.5 Å². The van der Waals surface area contributed by atoms with Gasteiger partial charge in [-0.25, -0.2) is 0 Å². The number of ketones is 1. The molecule has 1 saturated heterocycles. The van der Waals surface area contributed by atoms with Gasteiger partial charge in [0.05, 0.1) is 0 Å². The predicted octanol–water partition coefficient (Wildman–Crippen LogP) is 3.80. The molecule has 1 aliphatic carbocycles. The second kappa shape index (κ2) is 8.49. The van der Waals surface area contributed by atoms with Crippen LogP contribution in [0.25, 0.3) is 0 Å². The fourth-order valence-electron chi connectivity index (χ4n) is 4.18. The first-order valence-corrected chi connectivity index (χ1v) is 10.6. The summed E-state index contributed by atoms with van der Waals surface area (Å²) in [6, 6.07) is 12.2. The van der Waals surface area contributed by atoms with Gasteiger partial charge in [0.15, 0.2) is 11.5 Å². The van der Waals surface area contributed by atoms with Crippen LogP contribution in [0.2, 0.25) is 0 Å². The lowest BCUT2D eigenvalue weighted by Gasteiger charge is -2.23. The summed E-state index contributed by atoms with van der Waals surface area (Å²) in [6.07, 6.45) is 4.67. The molecule has 0 spiro atoms. The van der Waals surface area contributed by atoms with Crippen molar-refractivity contribution in [3.63, 3.8) is 0 Å². The molecule has 154 valence electrons. The molecule has 2 atom stereocenters. The average molecular weight is 396 g/mol. The van der Waals surface area contributed by atoms with E-state index in [-0.39, 0.29) is 23.7 Å². The Morgan fingerprint density at radius 3 is 2.66 bits per heavy atom. The molecule has 1 amide bonds. The van der Waals surface area contributed by atoms with Crippen molar-refractivity contribution in [2.75, 3.05) is 6.54 Å². The number of benzene rings is 1. The van der Waals surface area contributed by atoms with Crippen molar-refractivity contribution < 1.29 is 14.1 Å². The third kappa shape index (κ3) is 4.75. The van der Waals surface area contributed by atoms with Crippen LogP contribution >= 0.6 is 0 Å². The lowest BCUT2D eigenvalue weighted by atomic mass is 10.0. The second-order valence-corrected chi connectivity index (χ2v) is 8.58. The molecule has 2 aromatic rings. The van der Waals surface area contributed by atoms with Gasteiger partial charge in [0.25, 0.3) is 5.91 Å². The Kier molecular flexibility index (Phi) is 5.81. The number of hydrogen-bond acceptors (Lipinski definition) is 5. The third-order valence-electron chi connectivity index (χ3n) is 5.94. The van der Waals surface area contributed by atoms with Gasteiger partial charge in [0, 0.05) is 48.6 Å². The Morgan fingerprint density at radius 2 is 2.00 bits per heavy atom. The van der Waals surface area contributed by atoms with E-state index in [2.05, 4.69) is 15.4 Å². The molecule has 0 unspecified atom stereocenters. The molecule has 29 heavy (non-hydrogen) atoms. The molecule has 1 saturated carbocycles. The van der Waals surface area contributed by atoms with Crippen molar-refractivity contribution in [2.24, 2.45) is 0 Å². The van der Waals surface area contributed by atoms with Gasteiger partial charge in [-0.05, 0) is 25.7 Å². The molecule has 6 heteroatoms. The summed E-state index contributed by atoms with van der Waals surface area (Å²) >= 11 is 0. The molecule has 2 aliphatic rings. The van der Waals surface area contributed by atoms with E-state index >= 15 is 0 Å². The Bertz CT molecular complexity index is 857. The number of nitrogens with one attached hydrogen (secondary N) is 1. The maximum absolute atomic E-state index is 12.6. The van der Waals surface area contributed by atoms with Gasteiger partial charge in [-0.3, -0.25) is 14.5 Å². The smallest absolute Gasteiger partial charge is 0.273 e. The van der Waals surface area contributed by atoms with Crippen molar-refractivity contribution in [2.45, 2.75) is 70.0 Å². The highest BCUT2D eigenvalue weighted by Crippen LogP contribution is 2.35. The highest BCUT2D eigenvalue weighted by molar-refractivity contribution is 5.96. The number of aromatic nitrogens is 1. The monoisotopic (exact) mass is 395 g/mol. The van der Waals surface area contributed by atoms with Gasteiger partial charge in [-0.15, -0.1) is 0 Å². The first-order chi connectivity index (χ1) is 14.0. The van der Waals surface area contributed by atoms with Gasteiger partial charge >= 0.3 is 0 Å². The second-order valence-electron chi connectivity index (χ2n) is 8.58. The van der Waals surface area contributed by atoms with E-state index in [4.69, 9.17) is 4.52 Å². The zero-order chi connectivity index (χ0) is 20.4. The molecular formula is C23H29N3O3. The Hall–Kier alpha value is -2.47. The summed E-state index contributed by atoms with van der Waals surface area (Å²) in [5.74, 6) is 0.936. The Balaban J connectivity index is 1.34. The first-order valence-electron chi connectivity index (χ1n) is 10.6. The first kappa shape index (κ1) is 19.8. The molecular weight excluding hydrogens is 366 g/mol. The molecule has 1 N–H and O–H groups in total. The fourth-order valence-corrected chi connectivity index (χ4v) is 4.18. The predicted molar refractivity (Wildman–Crippen MR) is 110 cm³/mol. The quantitative estimate of drug-likeness (QED) is 0.688. The van der Waals surface area contributed by atoms with E-state index in [9.17, 15) is 9.59 Å². The maximum atomic E-state index is 12.6. The average Bonchev–Trinajstić information content (AvgIpc) is 3.29. The van der Waals surface area contributed by atoms with Crippen molar-refractivity contribution >= 4 is 11.7 Å². The number of likely N-dealkylation sites (tertiary alicyclic amines) is 1. The van der Waals surface area contributed by atoms with Crippen LogP contribution in [0.15, 0.2) is 40.9 Å². The standard InChI is InChI=1S/C23H29N3O3/c1-15(2)22-13-20(25-29-22)23(28)24-17-12-19(26(14-17)18-8-9-18)10-11-21(27)16-6-4-3-5-7-16/h3-7,13,15,17-19H,8-12,14H2,1-2H3,(H,24,28)/t17-,19-/m1/s1. The number of rotatable bonds is 8. The summed E-state index contributed by atoms with van der Waals surface area (Å²) in [7, 11) is 0. The number of amides is 1. The summed E-state index contributed by atoms with van der Waals surface area (Å²) in [6.45, 7) is 4.86. The number of Topliss-reactive ketones (excluding diaryl/α,β-unsaturated/α-hetero) is 1. The fraction of sp³-hybridized carbons (Fsp3) is 0.522. The lowest BCUT2D eigenvalue weighted by molar-refractivity contribution is 0.0926. The summed E-state index contributed by atoms with van der Waals surface area (Å²) < 4.78 is 5.25. The van der Waals surface area contributed by atoms with Gasteiger partial charge < -0.3 is 9.84 Å². The molecule has 1 aromatic heterocycles. The molecule has 0 bridgehead atoms. The van der Waals surface area contributed by atoms with Gasteiger partial charge in [-0.2, -0.15) is 0 Å². The SMILES string of the molecule is CC(C)c1cc(C(=O)N[C@@H]2C[C@@H](CCC(=O)c3ccccc3)N(C3CC3)C2)no1. The lowest BCUT2D eigenvalue weighted by Crippen LogP contribution is -2.38. The Morgan fingerprint density at radius 1 is 1.24 bits per heavy atom. The molecule has 0 radical (unpaired) electrons. The minimum Gasteiger partial charge on any atom is -0.360 e. The molecule has 2 fully saturated rings. The zero-order valence-corrected chi connectivity index (χ0v) is 17.1. The number of nitrogens with zero attached hydrogens (tertiary/aromatic N) is 2. The number of carbonyl (C=O) groups excluding carboxylic acids is 2. The van der Waals surface area contributed by atoms with Crippen LogP contribution in [0.4, 0.5) is 0 Å². The third-order valence-corrected chi connectivity index (χ3v) is 5.94. The highest BCUT2D eigenvalue weighted by Gasteiger charge is 2.41. The van der Waals surface area contributed by atoms with E-state index in [1.165, 1.54) is 12.8 Å². The van der Waals surface area contributed by atoms with Crippen molar-refractivity contribution in [1.82, 2.24) is 15.4 Å². The van der Waals surface area contributed by atoms with Crippen LogP contribution in [0.5, 0.6) is 0 Å². The molecule has 1 aliphatic heterocycles. The van der Waals surface area contributed by atoms with E-state index in [0.29, 0.717) is 24.2 Å². The van der Waals surface area contributed by atoms with Crippen LogP contribution in [0.3, 0.4) is 0 Å². The molecule has 6 nitrogen and oxygen atoms in total. The van der Waals surface area contributed by atoms with Crippen LogP contribution in [-0.2, 0) is 0 Å². The molecule has 1 aromatic carbocycles. The maximum Gasteiger partial charge on any atom is 0.273 e.